The summed E-state index contributed by atoms with van der Waals surface area (Å²) in [4.78, 5) is 28.8. The highest BCUT2D eigenvalue weighted by Gasteiger charge is 2.40. The Morgan fingerprint density at radius 3 is 2.23 bits per heavy atom. The van der Waals surface area contributed by atoms with Crippen LogP contribution in [0.15, 0.2) is 0 Å². The number of rotatable bonds is 2. The molecule has 0 spiro atoms. The number of carbonyl (C=O) groups is 1. The zero-order valence-corrected chi connectivity index (χ0v) is 8.67. The lowest BCUT2D eigenvalue weighted by Crippen LogP contribution is -2.29. The third-order valence-electron chi connectivity index (χ3n) is 2.45. The van der Waals surface area contributed by atoms with Crippen LogP contribution in [-0.2, 0) is 9.36 Å². The fourth-order valence-electron chi connectivity index (χ4n) is 1.78. The molecular formula is C7H12ClO4P. The molecule has 0 aliphatic heterocycles. The molecule has 2 unspecified atom stereocenters. The second-order valence-electron chi connectivity index (χ2n) is 3.35. The molecule has 13 heavy (non-hydrogen) atoms. The topological polar surface area (TPSA) is 74.6 Å². The average Bonchev–Trinajstić information content (AvgIpc) is 2.03. The van der Waals surface area contributed by atoms with Crippen LogP contribution in [0.3, 0.4) is 0 Å². The summed E-state index contributed by atoms with van der Waals surface area (Å²) in [5, 5.41) is -0.618. The third kappa shape index (κ3) is 2.78. The summed E-state index contributed by atoms with van der Waals surface area (Å²) in [5.41, 5.74) is -0.855. The summed E-state index contributed by atoms with van der Waals surface area (Å²) in [6.07, 6.45) is 2.47. The Hall–Kier alpha value is 0.110. The fraction of sp³-hybridized carbons (Fsp3) is 0.857. The molecule has 1 rings (SSSR count). The van der Waals surface area contributed by atoms with E-state index in [-0.39, 0.29) is 0 Å². The van der Waals surface area contributed by atoms with Gasteiger partial charge in [0, 0.05) is 5.92 Å². The van der Waals surface area contributed by atoms with E-state index >= 15 is 0 Å². The van der Waals surface area contributed by atoms with Crippen molar-refractivity contribution in [1.29, 1.82) is 0 Å². The number of hydrogen-bond donors (Lipinski definition) is 2. The fourth-order valence-corrected chi connectivity index (χ4v) is 3.40. The molecule has 6 heteroatoms. The van der Waals surface area contributed by atoms with Crippen LogP contribution in [-0.4, -0.2) is 20.7 Å². The van der Waals surface area contributed by atoms with Crippen molar-refractivity contribution in [2.24, 2.45) is 5.92 Å². The van der Waals surface area contributed by atoms with Crippen molar-refractivity contribution < 1.29 is 19.1 Å². The van der Waals surface area contributed by atoms with Crippen LogP contribution in [0.5, 0.6) is 0 Å². The zero-order valence-electron chi connectivity index (χ0n) is 7.02. The van der Waals surface area contributed by atoms with Crippen molar-refractivity contribution in [3.63, 3.8) is 0 Å². The van der Waals surface area contributed by atoms with Crippen molar-refractivity contribution in [2.45, 2.75) is 31.3 Å². The van der Waals surface area contributed by atoms with E-state index < -0.39 is 24.4 Å². The normalized spacial score (nSPS) is 30.1. The number of halogens is 1. The van der Waals surface area contributed by atoms with E-state index in [2.05, 4.69) is 0 Å². The summed E-state index contributed by atoms with van der Waals surface area (Å²) in [7, 11) is -4.16. The van der Waals surface area contributed by atoms with E-state index in [1.54, 1.807) is 0 Å². The highest BCUT2D eigenvalue weighted by Crippen LogP contribution is 2.51. The molecule has 0 amide bonds. The first-order chi connectivity index (χ1) is 5.93. The van der Waals surface area contributed by atoms with Crippen molar-refractivity contribution >= 4 is 24.4 Å². The molecule has 1 fully saturated rings. The molecule has 0 bridgehead atoms. The summed E-state index contributed by atoms with van der Waals surface area (Å²) in [6.45, 7) is 0. The molecule has 0 aromatic heterocycles. The van der Waals surface area contributed by atoms with Gasteiger partial charge in [-0.3, -0.25) is 9.36 Å². The van der Waals surface area contributed by atoms with Gasteiger partial charge in [0.2, 0.25) is 5.24 Å². The quantitative estimate of drug-likeness (QED) is 0.553. The molecule has 0 radical (unpaired) electrons. The SMILES string of the molecule is O=C(Cl)C1CCCCC1P(=O)(O)O. The van der Waals surface area contributed by atoms with Gasteiger partial charge in [0.1, 0.15) is 0 Å². The van der Waals surface area contributed by atoms with E-state index in [4.69, 9.17) is 21.4 Å². The largest absolute Gasteiger partial charge is 0.329 e. The van der Waals surface area contributed by atoms with Crippen LogP contribution in [0.4, 0.5) is 0 Å². The molecule has 2 N–H and O–H groups in total. The van der Waals surface area contributed by atoms with Gasteiger partial charge in [-0.2, -0.15) is 0 Å². The average molecular weight is 227 g/mol. The summed E-state index contributed by atoms with van der Waals surface area (Å²) < 4.78 is 11.0. The molecule has 76 valence electrons. The molecule has 0 saturated heterocycles. The maximum Gasteiger partial charge on any atom is 0.329 e. The Morgan fingerprint density at radius 1 is 1.31 bits per heavy atom. The second kappa shape index (κ2) is 4.09. The molecule has 0 heterocycles. The van der Waals surface area contributed by atoms with Crippen LogP contribution in [0.1, 0.15) is 25.7 Å². The Kier molecular flexibility index (Phi) is 3.52. The van der Waals surface area contributed by atoms with Crippen LogP contribution < -0.4 is 0 Å². The Morgan fingerprint density at radius 2 is 1.85 bits per heavy atom. The van der Waals surface area contributed by atoms with Gasteiger partial charge in [0.05, 0.1) is 5.66 Å². The minimum atomic E-state index is -4.16. The van der Waals surface area contributed by atoms with E-state index in [1.807, 2.05) is 0 Å². The van der Waals surface area contributed by atoms with Gasteiger partial charge in [-0.1, -0.05) is 12.8 Å². The molecule has 1 saturated carbocycles. The molecule has 1 aliphatic carbocycles. The highest BCUT2D eigenvalue weighted by molar-refractivity contribution is 7.52. The monoisotopic (exact) mass is 226 g/mol. The summed E-state index contributed by atoms with van der Waals surface area (Å²) in [5.74, 6) is -0.656. The minimum absolute atomic E-state index is 0.396. The highest BCUT2D eigenvalue weighted by atomic mass is 35.5. The molecule has 0 aromatic carbocycles. The molecule has 0 aromatic rings. The van der Waals surface area contributed by atoms with E-state index in [1.165, 1.54) is 0 Å². The first-order valence-corrected chi connectivity index (χ1v) is 6.23. The van der Waals surface area contributed by atoms with Gasteiger partial charge >= 0.3 is 7.60 Å². The van der Waals surface area contributed by atoms with E-state index in [0.29, 0.717) is 12.8 Å². The molecule has 1 aliphatic rings. The first-order valence-electron chi connectivity index (χ1n) is 4.17. The van der Waals surface area contributed by atoms with E-state index in [0.717, 1.165) is 12.8 Å². The van der Waals surface area contributed by atoms with Gasteiger partial charge in [-0.25, -0.2) is 0 Å². The Balaban J connectivity index is 2.79. The van der Waals surface area contributed by atoms with Crippen molar-refractivity contribution in [1.82, 2.24) is 0 Å². The van der Waals surface area contributed by atoms with Crippen LogP contribution >= 0.6 is 19.2 Å². The van der Waals surface area contributed by atoms with Gasteiger partial charge < -0.3 is 9.79 Å². The molecule has 4 nitrogen and oxygen atoms in total. The van der Waals surface area contributed by atoms with Crippen LogP contribution in [0.2, 0.25) is 0 Å². The maximum atomic E-state index is 11.0. The third-order valence-corrected chi connectivity index (χ3v) is 4.22. The van der Waals surface area contributed by atoms with Crippen molar-refractivity contribution in [2.75, 3.05) is 0 Å². The maximum absolute atomic E-state index is 11.0. The van der Waals surface area contributed by atoms with Crippen LogP contribution in [0, 0.1) is 5.92 Å². The number of carbonyl (C=O) groups excluding carboxylic acids is 1. The predicted octanol–water partition coefficient (Wildman–Crippen LogP) is 1.49. The van der Waals surface area contributed by atoms with Gasteiger partial charge in [-0.15, -0.1) is 0 Å². The lowest BCUT2D eigenvalue weighted by atomic mass is 9.90. The lowest BCUT2D eigenvalue weighted by Gasteiger charge is -2.28. The summed E-state index contributed by atoms with van der Waals surface area (Å²) >= 11 is 5.28. The predicted molar refractivity (Wildman–Crippen MR) is 48.7 cm³/mol. The van der Waals surface area contributed by atoms with Gasteiger partial charge in [-0.05, 0) is 24.4 Å². The Labute approximate surface area is 81.4 Å². The Bertz CT molecular complexity index is 249. The lowest BCUT2D eigenvalue weighted by molar-refractivity contribution is -0.116. The first kappa shape index (κ1) is 11.2. The molecular weight excluding hydrogens is 214 g/mol. The van der Waals surface area contributed by atoms with E-state index in [9.17, 15) is 9.36 Å². The summed E-state index contributed by atoms with van der Waals surface area (Å²) in [6, 6.07) is 0. The standard InChI is InChI=1S/C7H12ClO4P/c8-7(9)5-3-1-2-4-6(5)13(10,11)12/h5-6H,1-4H2,(H2,10,11,12). The number of hydrogen-bond acceptors (Lipinski definition) is 2. The smallest absolute Gasteiger partial charge is 0.324 e. The van der Waals surface area contributed by atoms with Crippen molar-refractivity contribution in [3.05, 3.63) is 0 Å². The molecule has 2 atom stereocenters. The second-order valence-corrected chi connectivity index (χ2v) is 5.57. The van der Waals surface area contributed by atoms with Crippen molar-refractivity contribution in [3.8, 4) is 0 Å². The van der Waals surface area contributed by atoms with Gasteiger partial charge in [0.25, 0.3) is 0 Å². The van der Waals surface area contributed by atoms with Crippen LogP contribution in [0.25, 0.3) is 0 Å². The van der Waals surface area contributed by atoms with Gasteiger partial charge in [0.15, 0.2) is 0 Å². The minimum Gasteiger partial charge on any atom is -0.324 e. The zero-order chi connectivity index (χ0) is 10.1.